The second kappa shape index (κ2) is 5.87. The van der Waals surface area contributed by atoms with Crippen molar-refractivity contribution in [2.75, 3.05) is 0 Å². The lowest BCUT2D eigenvalue weighted by molar-refractivity contribution is -0.137. The molecular formula is C17H20F3NSi. The number of hydrogen-bond donors (Lipinski definition) is 0. The van der Waals surface area contributed by atoms with Crippen LogP contribution in [0.5, 0.6) is 0 Å². The van der Waals surface area contributed by atoms with E-state index in [-0.39, 0.29) is 0 Å². The number of benzene rings is 1. The van der Waals surface area contributed by atoms with Crippen LogP contribution in [-0.4, -0.2) is 13.1 Å². The van der Waals surface area contributed by atoms with Crippen LogP contribution in [0.15, 0.2) is 36.5 Å². The van der Waals surface area contributed by atoms with E-state index in [1.165, 1.54) is 22.9 Å². The van der Waals surface area contributed by atoms with Gasteiger partial charge in [-0.3, -0.25) is 4.98 Å². The summed E-state index contributed by atoms with van der Waals surface area (Å²) in [5, 5.41) is 1.31. The summed E-state index contributed by atoms with van der Waals surface area (Å²) in [7, 11) is -1.47. The van der Waals surface area contributed by atoms with Crippen LogP contribution in [0.3, 0.4) is 0 Å². The monoisotopic (exact) mass is 323 g/mol. The fourth-order valence-corrected chi connectivity index (χ4v) is 4.12. The number of rotatable bonds is 3. The fraction of sp³-hybridized carbons (Fsp3) is 0.353. The van der Waals surface area contributed by atoms with Crippen LogP contribution in [0, 0.1) is 0 Å². The highest BCUT2D eigenvalue weighted by atomic mass is 28.3. The fourth-order valence-electron chi connectivity index (χ4n) is 2.45. The predicted molar refractivity (Wildman–Crippen MR) is 87.0 cm³/mol. The van der Waals surface area contributed by atoms with E-state index < -0.39 is 19.8 Å². The van der Waals surface area contributed by atoms with Crippen LogP contribution in [0.2, 0.25) is 19.6 Å². The van der Waals surface area contributed by atoms with Gasteiger partial charge >= 0.3 is 6.18 Å². The third-order valence-corrected chi connectivity index (χ3v) is 5.75. The van der Waals surface area contributed by atoms with Gasteiger partial charge in [0.25, 0.3) is 0 Å². The van der Waals surface area contributed by atoms with E-state index in [1.807, 2.05) is 12.3 Å². The Bertz CT molecular complexity index is 655. The van der Waals surface area contributed by atoms with Gasteiger partial charge < -0.3 is 0 Å². The quantitative estimate of drug-likeness (QED) is 0.734. The molecule has 0 aliphatic rings. The Hall–Kier alpha value is -1.62. The molecule has 0 saturated heterocycles. The zero-order valence-corrected chi connectivity index (χ0v) is 14.3. The summed E-state index contributed by atoms with van der Waals surface area (Å²) in [6, 6.07) is 7.19. The minimum Gasteiger partial charge on any atom is -0.256 e. The molecule has 0 saturated carbocycles. The van der Waals surface area contributed by atoms with E-state index in [2.05, 4.69) is 31.5 Å². The second-order valence-electron chi connectivity index (χ2n) is 6.41. The summed E-state index contributed by atoms with van der Waals surface area (Å²) in [6.07, 6.45) is -1.50. The molecule has 0 spiro atoms. The van der Waals surface area contributed by atoms with Gasteiger partial charge in [-0.15, -0.1) is 0 Å². The number of halogens is 3. The third kappa shape index (κ3) is 3.58. The Morgan fingerprint density at radius 3 is 2.09 bits per heavy atom. The largest absolute Gasteiger partial charge is 0.416 e. The Labute approximate surface area is 130 Å². The molecule has 1 nitrogen and oxygen atoms in total. The summed E-state index contributed by atoms with van der Waals surface area (Å²) in [5.74, 6) is 0. The molecule has 1 aromatic carbocycles. The molecule has 22 heavy (non-hydrogen) atoms. The van der Waals surface area contributed by atoms with Crippen molar-refractivity contribution in [2.24, 2.45) is 0 Å². The average Bonchev–Trinajstić information content (AvgIpc) is 2.45. The van der Waals surface area contributed by atoms with Crippen LogP contribution in [0.1, 0.15) is 18.1 Å². The van der Waals surface area contributed by atoms with Gasteiger partial charge in [-0.2, -0.15) is 13.2 Å². The first-order chi connectivity index (χ1) is 10.1. The number of nitrogens with zero attached hydrogens (tertiary/aromatic N) is 1. The average molecular weight is 323 g/mol. The lowest BCUT2D eigenvalue weighted by atomic mass is 10.1. The van der Waals surface area contributed by atoms with Gasteiger partial charge in [0.15, 0.2) is 0 Å². The zero-order chi connectivity index (χ0) is 16.5. The van der Waals surface area contributed by atoms with Gasteiger partial charge in [0, 0.05) is 11.8 Å². The third-order valence-electron chi connectivity index (χ3n) is 3.69. The number of alkyl halides is 3. The Morgan fingerprint density at radius 1 is 1.05 bits per heavy atom. The van der Waals surface area contributed by atoms with Crippen molar-refractivity contribution in [1.82, 2.24) is 4.98 Å². The Morgan fingerprint density at radius 2 is 1.64 bits per heavy atom. The summed E-state index contributed by atoms with van der Waals surface area (Å²) in [6.45, 7) is 8.89. The van der Waals surface area contributed by atoms with Gasteiger partial charge in [0.1, 0.15) is 0 Å². The molecule has 0 amide bonds. The van der Waals surface area contributed by atoms with Gasteiger partial charge in [-0.25, -0.2) is 0 Å². The molecule has 0 unspecified atom stereocenters. The summed E-state index contributed by atoms with van der Waals surface area (Å²) in [5.41, 5.74) is 2.05. The number of aryl methyl sites for hydroxylation is 1. The van der Waals surface area contributed by atoms with E-state index in [9.17, 15) is 13.2 Å². The molecule has 2 rings (SSSR count). The lowest BCUT2D eigenvalue weighted by Crippen LogP contribution is -2.40. The first kappa shape index (κ1) is 16.7. The van der Waals surface area contributed by atoms with Crippen molar-refractivity contribution < 1.29 is 13.2 Å². The molecule has 0 aliphatic carbocycles. The highest BCUT2D eigenvalue weighted by Crippen LogP contribution is 2.30. The van der Waals surface area contributed by atoms with Gasteiger partial charge in [0.2, 0.25) is 0 Å². The van der Waals surface area contributed by atoms with Crippen molar-refractivity contribution in [2.45, 2.75) is 39.2 Å². The molecule has 2 aromatic rings. The van der Waals surface area contributed by atoms with Gasteiger partial charge in [-0.1, -0.05) is 38.7 Å². The topological polar surface area (TPSA) is 12.9 Å². The summed E-state index contributed by atoms with van der Waals surface area (Å²) >= 11 is 0. The molecule has 0 N–H and O–H groups in total. The highest BCUT2D eigenvalue weighted by molar-refractivity contribution is 6.89. The van der Waals surface area contributed by atoms with Crippen LogP contribution in [0.25, 0.3) is 11.3 Å². The second-order valence-corrected chi connectivity index (χ2v) is 11.4. The molecule has 5 heteroatoms. The minimum absolute atomic E-state index is 0.634. The summed E-state index contributed by atoms with van der Waals surface area (Å²) in [4.78, 5) is 4.47. The van der Waals surface area contributed by atoms with E-state index in [4.69, 9.17) is 0 Å². The van der Waals surface area contributed by atoms with Gasteiger partial charge in [-0.05, 0) is 35.4 Å². The molecule has 0 radical (unpaired) electrons. The van der Waals surface area contributed by atoms with Crippen LogP contribution >= 0.6 is 0 Å². The van der Waals surface area contributed by atoms with Crippen molar-refractivity contribution in [3.63, 3.8) is 0 Å². The number of aromatic nitrogens is 1. The first-order valence-electron chi connectivity index (χ1n) is 7.30. The van der Waals surface area contributed by atoms with Crippen molar-refractivity contribution in [3.05, 3.63) is 47.7 Å². The molecule has 118 valence electrons. The maximum absolute atomic E-state index is 12.6. The van der Waals surface area contributed by atoms with E-state index >= 15 is 0 Å². The van der Waals surface area contributed by atoms with Crippen LogP contribution < -0.4 is 5.19 Å². The zero-order valence-electron chi connectivity index (χ0n) is 13.3. The normalized spacial score (nSPS) is 12.5. The SMILES string of the molecule is CCc1cc(-c2ccc(C(F)(F)F)cc2)ncc1[Si](C)(C)C. The number of pyridine rings is 1. The van der Waals surface area contributed by atoms with Crippen LogP contribution in [0.4, 0.5) is 13.2 Å². The molecule has 1 heterocycles. The molecule has 0 aliphatic heterocycles. The first-order valence-corrected chi connectivity index (χ1v) is 10.8. The Balaban J connectivity index is 2.42. The van der Waals surface area contributed by atoms with E-state index in [1.54, 1.807) is 0 Å². The Kier molecular flexibility index (Phi) is 4.47. The smallest absolute Gasteiger partial charge is 0.256 e. The van der Waals surface area contributed by atoms with E-state index in [0.29, 0.717) is 5.56 Å². The van der Waals surface area contributed by atoms with E-state index in [0.717, 1.165) is 24.2 Å². The standard InChI is InChI=1S/C17H20F3NSi/c1-5-12-10-15(21-11-16(12)22(2,3)4)13-6-8-14(9-7-13)17(18,19)20/h6-11H,5H2,1-4H3. The summed E-state index contributed by atoms with van der Waals surface area (Å²) < 4.78 is 37.8. The minimum atomic E-state index is -4.30. The van der Waals surface area contributed by atoms with Crippen molar-refractivity contribution >= 4 is 13.3 Å². The lowest BCUT2D eigenvalue weighted by Gasteiger charge is -2.20. The van der Waals surface area contributed by atoms with Crippen LogP contribution in [-0.2, 0) is 12.6 Å². The maximum atomic E-state index is 12.6. The molecular weight excluding hydrogens is 303 g/mol. The van der Waals surface area contributed by atoms with Crippen molar-refractivity contribution in [3.8, 4) is 11.3 Å². The molecule has 0 fully saturated rings. The molecule has 0 bridgehead atoms. The predicted octanol–water partition coefficient (Wildman–Crippen LogP) is 4.88. The van der Waals surface area contributed by atoms with Gasteiger partial charge in [0.05, 0.1) is 19.3 Å². The van der Waals surface area contributed by atoms with Crippen molar-refractivity contribution in [1.29, 1.82) is 0 Å². The molecule has 0 atom stereocenters. The maximum Gasteiger partial charge on any atom is 0.416 e. The highest BCUT2D eigenvalue weighted by Gasteiger charge is 2.30. The molecule has 1 aromatic heterocycles. The number of hydrogen-bond acceptors (Lipinski definition) is 1.